The summed E-state index contributed by atoms with van der Waals surface area (Å²) in [5, 5.41) is 9.09. The zero-order valence-corrected chi connectivity index (χ0v) is 8.50. The number of benzene rings is 1. The van der Waals surface area contributed by atoms with E-state index >= 15 is 0 Å². The maximum atomic E-state index is 9.09. The number of rotatable bonds is 4. The van der Waals surface area contributed by atoms with Gasteiger partial charge in [0.15, 0.2) is 0 Å². The van der Waals surface area contributed by atoms with Crippen molar-refractivity contribution in [2.75, 3.05) is 19.5 Å². The maximum Gasteiger partial charge on any atom is 0.122 e. The third-order valence-electron chi connectivity index (χ3n) is 2.02. The van der Waals surface area contributed by atoms with Gasteiger partial charge < -0.3 is 9.84 Å². The highest BCUT2D eigenvalue weighted by Crippen LogP contribution is 2.26. The molecule has 0 spiro atoms. The van der Waals surface area contributed by atoms with Crippen molar-refractivity contribution in [3.8, 4) is 5.75 Å². The van der Waals surface area contributed by atoms with Crippen LogP contribution in [0.25, 0.3) is 0 Å². The van der Waals surface area contributed by atoms with Crippen molar-refractivity contribution in [1.82, 2.24) is 0 Å². The fourth-order valence-corrected chi connectivity index (χ4v) is 1.57. The fourth-order valence-electron chi connectivity index (χ4n) is 1.26. The molecule has 0 heterocycles. The number of ether oxygens (including phenoxy) is 1. The van der Waals surface area contributed by atoms with Crippen LogP contribution in [0.2, 0.25) is 0 Å². The molecule has 0 saturated heterocycles. The van der Waals surface area contributed by atoms with Crippen molar-refractivity contribution < 1.29 is 9.84 Å². The standard InChI is InChI=1S/C10H14O2S/c1-12-10-5-3-2-4-9(10)8(6-11)7-13/h2-5,8,11,13H,6-7H2,1H3. The first kappa shape index (κ1) is 10.4. The molecule has 1 aromatic rings. The third kappa shape index (κ3) is 2.39. The monoisotopic (exact) mass is 198 g/mol. The van der Waals surface area contributed by atoms with Crippen molar-refractivity contribution in [3.05, 3.63) is 29.8 Å². The molecule has 0 fully saturated rings. The molecule has 72 valence electrons. The second-order valence-electron chi connectivity index (χ2n) is 2.80. The quantitative estimate of drug-likeness (QED) is 0.721. The summed E-state index contributed by atoms with van der Waals surface area (Å²) in [7, 11) is 1.63. The molecule has 13 heavy (non-hydrogen) atoms. The van der Waals surface area contributed by atoms with Crippen molar-refractivity contribution in [3.63, 3.8) is 0 Å². The molecule has 1 rings (SSSR count). The van der Waals surface area contributed by atoms with E-state index in [0.29, 0.717) is 5.75 Å². The van der Waals surface area contributed by atoms with Crippen LogP contribution in [0, 0.1) is 0 Å². The molecule has 0 bridgehead atoms. The lowest BCUT2D eigenvalue weighted by atomic mass is 10.0. The van der Waals surface area contributed by atoms with E-state index in [1.807, 2.05) is 24.3 Å². The number of para-hydroxylation sites is 1. The molecule has 1 N–H and O–H groups in total. The van der Waals surface area contributed by atoms with Crippen molar-refractivity contribution in [2.45, 2.75) is 5.92 Å². The van der Waals surface area contributed by atoms with Gasteiger partial charge in [0.05, 0.1) is 13.7 Å². The van der Waals surface area contributed by atoms with Crippen LogP contribution in [0.1, 0.15) is 11.5 Å². The van der Waals surface area contributed by atoms with Crippen molar-refractivity contribution in [1.29, 1.82) is 0 Å². The summed E-state index contributed by atoms with van der Waals surface area (Å²) in [6.07, 6.45) is 0. The first-order chi connectivity index (χ1) is 6.33. The molecule has 1 unspecified atom stereocenters. The zero-order valence-electron chi connectivity index (χ0n) is 7.60. The minimum absolute atomic E-state index is 0.0551. The van der Waals surface area contributed by atoms with E-state index in [-0.39, 0.29) is 12.5 Å². The average molecular weight is 198 g/mol. The Morgan fingerprint density at radius 3 is 2.69 bits per heavy atom. The van der Waals surface area contributed by atoms with Crippen LogP contribution in [0.4, 0.5) is 0 Å². The van der Waals surface area contributed by atoms with Crippen molar-refractivity contribution in [2.24, 2.45) is 0 Å². The van der Waals surface area contributed by atoms with Gasteiger partial charge in [0, 0.05) is 11.5 Å². The highest BCUT2D eigenvalue weighted by molar-refractivity contribution is 7.80. The first-order valence-electron chi connectivity index (χ1n) is 4.18. The Hall–Kier alpha value is -0.670. The van der Waals surface area contributed by atoms with Gasteiger partial charge in [-0.1, -0.05) is 18.2 Å². The summed E-state index contributed by atoms with van der Waals surface area (Å²) < 4.78 is 5.18. The molecule has 0 aromatic heterocycles. The summed E-state index contributed by atoms with van der Waals surface area (Å²) >= 11 is 4.18. The van der Waals surface area contributed by atoms with E-state index in [0.717, 1.165) is 11.3 Å². The lowest BCUT2D eigenvalue weighted by Crippen LogP contribution is -2.07. The van der Waals surface area contributed by atoms with Gasteiger partial charge in [0.25, 0.3) is 0 Å². The summed E-state index contributed by atoms with van der Waals surface area (Å²) in [6.45, 7) is 0.101. The molecule has 0 aliphatic rings. The number of aliphatic hydroxyl groups is 1. The van der Waals surface area contributed by atoms with Crippen LogP contribution >= 0.6 is 12.6 Å². The Balaban J connectivity index is 2.96. The molecular weight excluding hydrogens is 184 g/mol. The minimum Gasteiger partial charge on any atom is -0.496 e. The molecule has 0 aliphatic carbocycles. The van der Waals surface area contributed by atoms with Crippen LogP contribution in [0.3, 0.4) is 0 Å². The Labute approximate surface area is 84.0 Å². The first-order valence-corrected chi connectivity index (χ1v) is 4.81. The topological polar surface area (TPSA) is 29.5 Å². The van der Waals surface area contributed by atoms with E-state index in [1.54, 1.807) is 7.11 Å². The average Bonchev–Trinajstić information content (AvgIpc) is 2.20. The smallest absolute Gasteiger partial charge is 0.122 e. The normalized spacial score (nSPS) is 12.5. The van der Waals surface area contributed by atoms with E-state index in [9.17, 15) is 0 Å². The van der Waals surface area contributed by atoms with Gasteiger partial charge >= 0.3 is 0 Å². The maximum absolute atomic E-state index is 9.09. The molecule has 3 heteroatoms. The molecule has 0 amide bonds. The Morgan fingerprint density at radius 1 is 1.46 bits per heavy atom. The second-order valence-corrected chi connectivity index (χ2v) is 3.17. The van der Waals surface area contributed by atoms with Gasteiger partial charge in [-0.3, -0.25) is 0 Å². The van der Waals surface area contributed by atoms with E-state index in [2.05, 4.69) is 12.6 Å². The fraction of sp³-hybridized carbons (Fsp3) is 0.400. The molecule has 0 aliphatic heterocycles. The summed E-state index contributed by atoms with van der Waals surface area (Å²) in [5.41, 5.74) is 1.02. The highest BCUT2D eigenvalue weighted by atomic mass is 32.1. The van der Waals surface area contributed by atoms with Gasteiger partial charge in [-0.2, -0.15) is 12.6 Å². The van der Waals surface area contributed by atoms with Crippen LogP contribution in [0.5, 0.6) is 5.75 Å². The molecule has 0 radical (unpaired) electrons. The second kappa shape index (κ2) is 5.14. The predicted octanol–water partition coefficient (Wildman–Crippen LogP) is 1.70. The minimum atomic E-state index is 0.0551. The molecular formula is C10H14O2S. The number of thiol groups is 1. The zero-order chi connectivity index (χ0) is 9.68. The third-order valence-corrected chi connectivity index (χ3v) is 2.46. The molecule has 1 aromatic carbocycles. The van der Waals surface area contributed by atoms with Crippen LogP contribution in [-0.4, -0.2) is 24.6 Å². The summed E-state index contributed by atoms with van der Waals surface area (Å²) in [6, 6.07) is 7.69. The lowest BCUT2D eigenvalue weighted by Gasteiger charge is -2.14. The number of methoxy groups -OCH3 is 1. The summed E-state index contributed by atoms with van der Waals surface area (Å²) in [5.74, 6) is 1.49. The van der Waals surface area contributed by atoms with Crippen molar-refractivity contribution >= 4 is 12.6 Å². The van der Waals surface area contributed by atoms with Gasteiger partial charge in [-0.05, 0) is 11.8 Å². The lowest BCUT2D eigenvalue weighted by molar-refractivity contribution is 0.271. The van der Waals surface area contributed by atoms with Crippen LogP contribution < -0.4 is 4.74 Å². The van der Waals surface area contributed by atoms with Crippen LogP contribution in [-0.2, 0) is 0 Å². The van der Waals surface area contributed by atoms with E-state index in [4.69, 9.17) is 9.84 Å². The Morgan fingerprint density at radius 2 is 2.15 bits per heavy atom. The van der Waals surface area contributed by atoms with E-state index in [1.165, 1.54) is 0 Å². The largest absolute Gasteiger partial charge is 0.496 e. The summed E-state index contributed by atoms with van der Waals surface area (Å²) in [4.78, 5) is 0. The number of hydrogen-bond donors (Lipinski definition) is 2. The van der Waals surface area contributed by atoms with Gasteiger partial charge in [0.1, 0.15) is 5.75 Å². The SMILES string of the molecule is COc1ccccc1C(CO)CS. The Kier molecular flexibility index (Phi) is 4.12. The predicted molar refractivity (Wildman–Crippen MR) is 56.7 cm³/mol. The number of aliphatic hydroxyl groups excluding tert-OH is 1. The van der Waals surface area contributed by atoms with Gasteiger partial charge in [-0.15, -0.1) is 0 Å². The Bertz CT molecular complexity index is 259. The molecule has 2 nitrogen and oxygen atoms in total. The van der Waals surface area contributed by atoms with E-state index < -0.39 is 0 Å². The number of hydrogen-bond acceptors (Lipinski definition) is 3. The highest BCUT2D eigenvalue weighted by Gasteiger charge is 2.12. The van der Waals surface area contributed by atoms with Gasteiger partial charge in [-0.25, -0.2) is 0 Å². The van der Waals surface area contributed by atoms with Crippen LogP contribution in [0.15, 0.2) is 24.3 Å². The van der Waals surface area contributed by atoms with Gasteiger partial charge in [0.2, 0.25) is 0 Å². The molecule has 0 saturated carbocycles. The molecule has 1 atom stereocenters.